The topological polar surface area (TPSA) is 83.6 Å². The summed E-state index contributed by atoms with van der Waals surface area (Å²) < 4.78 is 0. The molecule has 0 heterocycles. The van der Waals surface area contributed by atoms with E-state index in [0.29, 0.717) is 6.42 Å². The Hall–Kier alpha value is -0.680. The average Bonchev–Trinajstić information content (AvgIpc) is 1.83. The fraction of sp³-hybridized carbons (Fsp3) is 1.00. The fourth-order valence-electron chi connectivity index (χ4n) is 0.806. The third kappa shape index (κ3) is 3.29. The second-order valence-electron chi connectivity index (χ2n) is 2.77. The van der Waals surface area contributed by atoms with Crippen molar-refractivity contribution >= 4 is 0 Å². The quantitative estimate of drug-likeness (QED) is 0.443. The number of rotatable bonds is 4. The van der Waals surface area contributed by atoms with Gasteiger partial charge in [0.15, 0.2) is 5.60 Å². The van der Waals surface area contributed by atoms with Crippen molar-refractivity contribution in [3.63, 3.8) is 0 Å². The Morgan fingerprint density at radius 1 is 1.73 bits per heavy atom. The van der Waals surface area contributed by atoms with E-state index in [2.05, 4.69) is 0 Å². The average molecular weight is 163 g/mol. The van der Waals surface area contributed by atoms with Crippen LogP contribution in [0.1, 0.15) is 20.3 Å². The van der Waals surface area contributed by atoms with Crippen LogP contribution in [0.4, 0.5) is 0 Å². The molecule has 11 heavy (non-hydrogen) atoms. The van der Waals surface area contributed by atoms with Crippen LogP contribution < -0.4 is 0 Å². The largest absolute Gasteiger partial charge is 0.390 e. The Morgan fingerprint density at radius 3 is 2.45 bits per heavy atom. The van der Waals surface area contributed by atoms with Gasteiger partial charge in [0.1, 0.15) is 0 Å². The molecule has 0 fully saturated rings. The van der Waals surface area contributed by atoms with Gasteiger partial charge in [-0.2, -0.15) is 0 Å². The number of hydrogen-bond donors (Lipinski definition) is 2. The zero-order valence-electron chi connectivity index (χ0n) is 6.65. The highest BCUT2D eigenvalue weighted by atomic mass is 16.6. The lowest BCUT2D eigenvalue weighted by atomic mass is 9.97. The predicted octanol–water partition coefficient (Wildman–Crippen LogP) is -0.215. The summed E-state index contributed by atoms with van der Waals surface area (Å²) in [6, 6.07) is 0. The smallest absolute Gasteiger partial charge is 0.234 e. The van der Waals surface area contributed by atoms with E-state index in [4.69, 9.17) is 5.11 Å². The van der Waals surface area contributed by atoms with Crippen molar-refractivity contribution in [3.8, 4) is 0 Å². The van der Waals surface area contributed by atoms with Crippen LogP contribution in [0.3, 0.4) is 0 Å². The van der Waals surface area contributed by atoms with Gasteiger partial charge < -0.3 is 10.2 Å². The molecule has 0 aliphatic carbocycles. The summed E-state index contributed by atoms with van der Waals surface area (Å²) in [5.41, 5.74) is -1.61. The van der Waals surface area contributed by atoms with Gasteiger partial charge in [-0.15, -0.1) is 0 Å². The summed E-state index contributed by atoms with van der Waals surface area (Å²) in [6.45, 7) is 2.28. The van der Waals surface area contributed by atoms with Gasteiger partial charge in [0.25, 0.3) is 0 Å². The van der Waals surface area contributed by atoms with Gasteiger partial charge in [0, 0.05) is 4.92 Å². The van der Waals surface area contributed by atoms with Crippen molar-refractivity contribution in [1.82, 2.24) is 0 Å². The zero-order chi connectivity index (χ0) is 9.07. The van der Waals surface area contributed by atoms with Crippen molar-refractivity contribution in [1.29, 1.82) is 0 Å². The van der Waals surface area contributed by atoms with E-state index >= 15 is 0 Å². The molecule has 0 aromatic carbocycles. The van der Waals surface area contributed by atoms with Gasteiger partial charge in [0.2, 0.25) is 6.54 Å². The van der Waals surface area contributed by atoms with Crippen LogP contribution >= 0.6 is 0 Å². The highest BCUT2D eigenvalue weighted by Gasteiger charge is 2.34. The first-order chi connectivity index (χ1) is 4.90. The predicted molar refractivity (Wildman–Crippen MR) is 38.8 cm³/mol. The Kier molecular flexibility index (Phi) is 3.41. The van der Waals surface area contributed by atoms with E-state index in [1.54, 1.807) is 6.92 Å². The molecule has 2 atom stereocenters. The molecule has 5 nitrogen and oxygen atoms in total. The van der Waals surface area contributed by atoms with Crippen LogP contribution in [0.5, 0.6) is 0 Å². The first-order valence-electron chi connectivity index (χ1n) is 3.42. The van der Waals surface area contributed by atoms with Gasteiger partial charge in [0.05, 0.1) is 6.10 Å². The second kappa shape index (κ2) is 3.64. The SMILES string of the molecule is CCC(O)C(C)(O)C[N+](=O)[O-]. The normalized spacial score (nSPS) is 18.9. The number of nitrogens with zero attached hydrogens (tertiary/aromatic N) is 1. The Bertz CT molecular complexity index is 146. The summed E-state index contributed by atoms with van der Waals surface area (Å²) in [7, 11) is 0. The lowest BCUT2D eigenvalue weighted by Crippen LogP contribution is -2.44. The van der Waals surface area contributed by atoms with Crippen molar-refractivity contribution in [2.45, 2.75) is 32.0 Å². The van der Waals surface area contributed by atoms with Gasteiger partial charge in [-0.05, 0) is 13.3 Å². The highest BCUT2D eigenvalue weighted by Crippen LogP contribution is 2.12. The maximum Gasteiger partial charge on any atom is 0.234 e. The molecule has 0 saturated heterocycles. The van der Waals surface area contributed by atoms with Crippen LogP contribution in [-0.2, 0) is 0 Å². The van der Waals surface area contributed by atoms with E-state index in [1.165, 1.54) is 6.92 Å². The number of aliphatic hydroxyl groups is 2. The second-order valence-corrected chi connectivity index (χ2v) is 2.77. The first-order valence-corrected chi connectivity index (χ1v) is 3.42. The molecule has 0 bridgehead atoms. The van der Waals surface area contributed by atoms with E-state index < -0.39 is 23.2 Å². The van der Waals surface area contributed by atoms with Crippen LogP contribution in [-0.4, -0.2) is 33.4 Å². The van der Waals surface area contributed by atoms with Gasteiger partial charge in [-0.3, -0.25) is 10.1 Å². The molecule has 0 saturated carbocycles. The first kappa shape index (κ1) is 10.3. The highest BCUT2D eigenvalue weighted by molar-refractivity contribution is 4.79. The molecule has 0 rings (SSSR count). The molecule has 0 radical (unpaired) electrons. The molecular weight excluding hydrogens is 150 g/mol. The zero-order valence-corrected chi connectivity index (χ0v) is 6.65. The third-order valence-electron chi connectivity index (χ3n) is 1.55. The maximum atomic E-state index is 9.97. The molecule has 0 aromatic heterocycles. The van der Waals surface area contributed by atoms with Crippen molar-refractivity contribution in [3.05, 3.63) is 10.1 Å². The molecule has 2 N–H and O–H groups in total. The molecule has 2 unspecified atom stereocenters. The van der Waals surface area contributed by atoms with Crippen LogP contribution in [0.25, 0.3) is 0 Å². The van der Waals surface area contributed by atoms with Crippen molar-refractivity contribution < 1.29 is 15.1 Å². The van der Waals surface area contributed by atoms with E-state index in [0.717, 1.165) is 0 Å². The van der Waals surface area contributed by atoms with Gasteiger partial charge in [-0.25, -0.2) is 0 Å². The van der Waals surface area contributed by atoms with Crippen molar-refractivity contribution in [2.75, 3.05) is 6.54 Å². The summed E-state index contributed by atoms with van der Waals surface area (Å²) in [6.07, 6.45) is -0.728. The molecule has 0 amide bonds. The fourth-order valence-corrected chi connectivity index (χ4v) is 0.806. The standard InChI is InChI=1S/C6H13NO4/c1-3-5(8)6(2,9)4-7(10)11/h5,8-9H,3-4H2,1-2H3. The maximum absolute atomic E-state index is 9.97. The van der Waals surface area contributed by atoms with Crippen molar-refractivity contribution in [2.24, 2.45) is 0 Å². The minimum Gasteiger partial charge on any atom is -0.390 e. The number of hydrogen-bond acceptors (Lipinski definition) is 4. The van der Waals surface area contributed by atoms with Crippen LogP contribution in [0, 0.1) is 10.1 Å². The molecular formula is C6H13NO4. The molecule has 5 heteroatoms. The summed E-state index contributed by atoms with van der Waals surface area (Å²) in [4.78, 5) is 9.33. The minimum absolute atomic E-state index is 0.306. The monoisotopic (exact) mass is 163 g/mol. The number of aliphatic hydroxyl groups excluding tert-OH is 1. The molecule has 0 spiro atoms. The number of nitro groups is 1. The Labute approximate surface area is 64.8 Å². The molecule has 0 aliphatic heterocycles. The van der Waals surface area contributed by atoms with Crippen LogP contribution in [0.2, 0.25) is 0 Å². The molecule has 0 aliphatic rings. The lowest BCUT2D eigenvalue weighted by molar-refractivity contribution is -0.503. The van der Waals surface area contributed by atoms with E-state index in [1.807, 2.05) is 0 Å². The molecule has 0 aromatic rings. The minimum atomic E-state index is -1.61. The summed E-state index contributed by atoms with van der Waals surface area (Å²) >= 11 is 0. The van der Waals surface area contributed by atoms with Crippen LogP contribution in [0.15, 0.2) is 0 Å². The Morgan fingerprint density at radius 2 is 2.18 bits per heavy atom. The third-order valence-corrected chi connectivity index (χ3v) is 1.55. The molecule has 66 valence electrons. The van der Waals surface area contributed by atoms with Gasteiger partial charge >= 0.3 is 0 Å². The van der Waals surface area contributed by atoms with Gasteiger partial charge in [-0.1, -0.05) is 6.92 Å². The van der Waals surface area contributed by atoms with E-state index in [-0.39, 0.29) is 0 Å². The lowest BCUT2D eigenvalue weighted by Gasteiger charge is -2.23. The summed E-state index contributed by atoms with van der Waals surface area (Å²) in [5.74, 6) is 0. The Balaban J connectivity index is 4.08. The summed E-state index contributed by atoms with van der Waals surface area (Å²) in [5, 5.41) is 28.3. The van der Waals surface area contributed by atoms with E-state index in [9.17, 15) is 15.2 Å².